The average molecular weight is 237 g/mol. The molecule has 0 aliphatic rings. The smallest absolute Gasteiger partial charge is 0.281 e. The van der Waals surface area contributed by atoms with Crippen LogP contribution in [0.2, 0.25) is 0 Å². The van der Waals surface area contributed by atoms with Crippen molar-refractivity contribution in [3.8, 4) is 0 Å². The summed E-state index contributed by atoms with van der Waals surface area (Å²) >= 11 is 0. The van der Waals surface area contributed by atoms with Crippen LogP contribution in [0.3, 0.4) is 0 Å². The Morgan fingerprint density at radius 1 is 1.13 bits per heavy atom. The first-order chi connectivity index (χ1) is 6.96. The third kappa shape index (κ3) is 4.92. The molecule has 6 heteroatoms. The molecule has 0 aromatic carbocycles. The first-order valence-electron chi connectivity index (χ1n) is 5.35. The van der Waals surface area contributed by atoms with Crippen LogP contribution in [0.4, 0.5) is 0 Å². The van der Waals surface area contributed by atoms with Gasteiger partial charge in [-0.15, -0.1) is 0 Å². The summed E-state index contributed by atoms with van der Waals surface area (Å²) in [6, 6.07) is 0. The summed E-state index contributed by atoms with van der Waals surface area (Å²) in [5, 5.41) is 3.16. The maximum atomic E-state index is 11.8. The van der Waals surface area contributed by atoms with Crippen molar-refractivity contribution in [3.05, 3.63) is 0 Å². The van der Waals surface area contributed by atoms with Gasteiger partial charge in [-0.3, -0.25) is 0 Å². The van der Waals surface area contributed by atoms with Gasteiger partial charge in [0.15, 0.2) is 0 Å². The summed E-state index contributed by atoms with van der Waals surface area (Å²) in [4.78, 5) is 0. The highest BCUT2D eigenvalue weighted by atomic mass is 32.2. The highest BCUT2D eigenvalue weighted by molar-refractivity contribution is 7.86. The quantitative estimate of drug-likeness (QED) is 0.610. The molecule has 92 valence electrons. The molecule has 15 heavy (non-hydrogen) atoms. The second-order valence-electron chi connectivity index (χ2n) is 3.45. The van der Waals surface area contributed by atoms with Crippen molar-refractivity contribution in [1.82, 2.24) is 13.9 Å². The van der Waals surface area contributed by atoms with Gasteiger partial charge in [0.25, 0.3) is 10.2 Å². The molecule has 0 aromatic rings. The van der Waals surface area contributed by atoms with Crippen LogP contribution < -0.4 is 5.32 Å². The molecular formula is C9H23N3O2S. The Bertz CT molecular complexity index is 254. The summed E-state index contributed by atoms with van der Waals surface area (Å²) in [6.07, 6.45) is 0.834. The molecule has 0 atom stereocenters. The van der Waals surface area contributed by atoms with Crippen LogP contribution in [0.5, 0.6) is 0 Å². The molecule has 0 saturated heterocycles. The monoisotopic (exact) mass is 237 g/mol. The zero-order chi connectivity index (χ0) is 11.9. The minimum absolute atomic E-state index is 0.500. The average Bonchev–Trinajstić information content (AvgIpc) is 2.22. The van der Waals surface area contributed by atoms with Crippen molar-refractivity contribution < 1.29 is 8.42 Å². The molecule has 0 bridgehead atoms. The molecule has 1 N–H and O–H groups in total. The summed E-state index contributed by atoms with van der Waals surface area (Å²) in [5.41, 5.74) is 0. The maximum absolute atomic E-state index is 11.8. The molecular weight excluding hydrogens is 214 g/mol. The van der Waals surface area contributed by atoms with Gasteiger partial charge in [0.05, 0.1) is 0 Å². The zero-order valence-electron chi connectivity index (χ0n) is 10.2. The fourth-order valence-corrected chi connectivity index (χ4v) is 2.28. The highest BCUT2D eigenvalue weighted by Crippen LogP contribution is 2.03. The van der Waals surface area contributed by atoms with Crippen LogP contribution in [0.25, 0.3) is 0 Å². The molecule has 0 aliphatic carbocycles. The third-order valence-electron chi connectivity index (χ3n) is 2.31. The summed E-state index contributed by atoms with van der Waals surface area (Å²) in [5.74, 6) is 0. The minimum atomic E-state index is -3.24. The van der Waals surface area contributed by atoms with Gasteiger partial charge in [-0.05, 0) is 19.5 Å². The highest BCUT2D eigenvalue weighted by Gasteiger charge is 2.21. The molecule has 0 fully saturated rings. The van der Waals surface area contributed by atoms with E-state index in [1.54, 1.807) is 14.1 Å². The SMILES string of the molecule is CCNCCCN(C)S(=O)(=O)N(C)CC. The second-order valence-corrected chi connectivity index (χ2v) is 5.59. The predicted octanol–water partition coefficient (Wildman–Crippen LogP) is 0.114. The Kier molecular flexibility index (Phi) is 7.08. The lowest BCUT2D eigenvalue weighted by Gasteiger charge is -2.23. The standard InChI is InChI=1S/C9H23N3O2S/c1-5-10-8-7-9-12(4)15(13,14)11(3)6-2/h10H,5-9H2,1-4H3. The van der Waals surface area contributed by atoms with Gasteiger partial charge in [-0.1, -0.05) is 13.8 Å². The van der Waals surface area contributed by atoms with Crippen molar-refractivity contribution in [2.24, 2.45) is 0 Å². The number of rotatable bonds is 8. The van der Waals surface area contributed by atoms with Crippen LogP contribution in [0, 0.1) is 0 Å². The summed E-state index contributed by atoms with van der Waals surface area (Å²) < 4.78 is 26.3. The minimum Gasteiger partial charge on any atom is -0.317 e. The lowest BCUT2D eigenvalue weighted by molar-refractivity contribution is 0.394. The molecule has 0 aromatic heterocycles. The fraction of sp³-hybridized carbons (Fsp3) is 1.00. The summed E-state index contributed by atoms with van der Waals surface area (Å²) in [7, 11) is -0.0255. The van der Waals surface area contributed by atoms with E-state index in [1.165, 1.54) is 8.61 Å². The van der Waals surface area contributed by atoms with Gasteiger partial charge in [-0.25, -0.2) is 0 Å². The maximum Gasteiger partial charge on any atom is 0.281 e. The number of nitrogens with zero attached hydrogens (tertiary/aromatic N) is 2. The molecule has 0 unspecified atom stereocenters. The molecule has 5 nitrogen and oxygen atoms in total. The lowest BCUT2D eigenvalue weighted by Crippen LogP contribution is -2.40. The van der Waals surface area contributed by atoms with Crippen molar-refractivity contribution in [2.45, 2.75) is 20.3 Å². The normalized spacial score (nSPS) is 12.7. The van der Waals surface area contributed by atoms with Crippen molar-refractivity contribution in [3.63, 3.8) is 0 Å². The van der Waals surface area contributed by atoms with Crippen LogP contribution in [-0.4, -0.2) is 57.3 Å². The van der Waals surface area contributed by atoms with Crippen LogP contribution in [0.1, 0.15) is 20.3 Å². The van der Waals surface area contributed by atoms with Crippen molar-refractivity contribution >= 4 is 10.2 Å². The Morgan fingerprint density at radius 2 is 1.73 bits per heavy atom. The van der Waals surface area contributed by atoms with E-state index in [0.717, 1.165) is 19.5 Å². The summed E-state index contributed by atoms with van der Waals surface area (Å²) in [6.45, 7) is 6.69. The van der Waals surface area contributed by atoms with E-state index in [0.29, 0.717) is 13.1 Å². The van der Waals surface area contributed by atoms with Gasteiger partial charge in [-0.2, -0.15) is 17.0 Å². The van der Waals surface area contributed by atoms with Gasteiger partial charge in [0, 0.05) is 27.2 Å². The third-order valence-corrected chi connectivity index (χ3v) is 4.33. The second kappa shape index (κ2) is 7.16. The number of nitrogens with one attached hydrogen (secondary N) is 1. The first-order valence-corrected chi connectivity index (χ1v) is 6.74. The zero-order valence-corrected chi connectivity index (χ0v) is 11.0. The van der Waals surface area contributed by atoms with Gasteiger partial charge >= 0.3 is 0 Å². The molecule has 0 aliphatic heterocycles. The number of hydrogen-bond donors (Lipinski definition) is 1. The molecule has 0 radical (unpaired) electrons. The number of hydrogen-bond acceptors (Lipinski definition) is 3. The van der Waals surface area contributed by atoms with Gasteiger partial charge in [0.2, 0.25) is 0 Å². The van der Waals surface area contributed by atoms with Gasteiger partial charge < -0.3 is 5.32 Å². The topological polar surface area (TPSA) is 52.7 Å². The van der Waals surface area contributed by atoms with E-state index >= 15 is 0 Å². The lowest BCUT2D eigenvalue weighted by atomic mass is 10.4. The van der Waals surface area contributed by atoms with Crippen molar-refractivity contribution in [2.75, 3.05) is 40.3 Å². The Morgan fingerprint density at radius 3 is 2.20 bits per heavy atom. The van der Waals surface area contributed by atoms with Crippen LogP contribution in [-0.2, 0) is 10.2 Å². The van der Waals surface area contributed by atoms with Crippen molar-refractivity contribution in [1.29, 1.82) is 0 Å². The van der Waals surface area contributed by atoms with E-state index in [4.69, 9.17) is 0 Å². The molecule has 0 rings (SSSR count). The molecule has 0 saturated carbocycles. The van der Waals surface area contributed by atoms with Crippen LogP contribution in [0.15, 0.2) is 0 Å². The van der Waals surface area contributed by atoms with Crippen LogP contribution >= 0.6 is 0 Å². The Balaban J connectivity index is 4.03. The van der Waals surface area contributed by atoms with E-state index in [1.807, 2.05) is 13.8 Å². The van der Waals surface area contributed by atoms with E-state index in [9.17, 15) is 8.42 Å². The van der Waals surface area contributed by atoms with E-state index in [2.05, 4.69) is 5.32 Å². The van der Waals surface area contributed by atoms with E-state index < -0.39 is 10.2 Å². The Hall–Kier alpha value is -0.170. The predicted molar refractivity (Wildman–Crippen MR) is 63.0 cm³/mol. The largest absolute Gasteiger partial charge is 0.317 e. The molecule has 0 heterocycles. The first kappa shape index (κ1) is 14.8. The molecule has 0 amide bonds. The van der Waals surface area contributed by atoms with E-state index in [-0.39, 0.29) is 0 Å². The fourth-order valence-electron chi connectivity index (χ4n) is 1.12. The van der Waals surface area contributed by atoms with Gasteiger partial charge in [0.1, 0.15) is 0 Å². The molecule has 0 spiro atoms. The Labute approximate surface area is 93.6 Å².